The lowest BCUT2D eigenvalue weighted by Crippen LogP contribution is -2.26. The molecule has 7 heteroatoms. The second-order valence-electron chi connectivity index (χ2n) is 6.99. The molecule has 1 aliphatic rings. The molecule has 2 aromatic carbocycles. The predicted molar refractivity (Wildman–Crippen MR) is 107 cm³/mol. The molecule has 0 bridgehead atoms. The number of carbonyl (C=O) groups is 2. The molecular weight excluding hydrogens is 390 g/mol. The third-order valence-electron chi connectivity index (χ3n) is 5.01. The van der Waals surface area contributed by atoms with Crippen LogP contribution in [0.2, 0.25) is 0 Å². The SMILES string of the molecule is O=Cc1cc(C(=O)c2ccc(F)cc2)ccc1N1CCC(Oc2ncccc2F)C1. The molecule has 0 amide bonds. The Kier molecular flexibility index (Phi) is 5.52. The summed E-state index contributed by atoms with van der Waals surface area (Å²) in [6.07, 6.45) is 2.54. The molecule has 2 heterocycles. The van der Waals surface area contributed by atoms with Crippen molar-refractivity contribution < 1.29 is 23.1 Å². The molecule has 1 unspecified atom stereocenters. The molecule has 5 nitrogen and oxygen atoms in total. The van der Waals surface area contributed by atoms with Gasteiger partial charge in [-0.1, -0.05) is 0 Å². The number of anilines is 1. The normalized spacial score (nSPS) is 15.8. The highest BCUT2D eigenvalue weighted by Crippen LogP contribution is 2.27. The highest BCUT2D eigenvalue weighted by Gasteiger charge is 2.27. The molecular formula is C23H18F2N2O3. The van der Waals surface area contributed by atoms with Gasteiger partial charge in [0.05, 0.1) is 6.54 Å². The molecule has 0 N–H and O–H groups in total. The lowest BCUT2D eigenvalue weighted by Gasteiger charge is -2.21. The predicted octanol–water partition coefficient (Wildman–Crippen LogP) is 4.06. The number of carbonyl (C=O) groups excluding carboxylic acids is 2. The highest BCUT2D eigenvalue weighted by molar-refractivity contribution is 6.10. The van der Waals surface area contributed by atoms with Crippen molar-refractivity contribution in [1.82, 2.24) is 4.98 Å². The maximum atomic E-state index is 13.8. The van der Waals surface area contributed by atoms with Crippen molar-refractivity contribution >= 4 is 17.8 Å². The quantitative estimate of drug-likeness (QED) is 0.455. The number of nitrogens with zero attached hydrogens (tertiary/aromatic N) is 2. The fourth-order valence-electron chi connectivity index (χ4n) is 3.51. The summed E-state index contributed by atoms with van der Waals surface area (Å²) in [6.45, 7) is 1.08. The summed E-state index contributed by atoms with van der Waals surface area (Å²) in [7, 11) is 0. The maximum absolute atomic E-state index is 13.8. The van der Waals surface area contributed by atoms with Crippen molar-refractivity contribution in [3.05, 3.63) is 89.1 Å². The lowest BCUT2D eigenvalue weighted by molar-refractivity contribution is 0.103. The van der Waals surface area contributed by atoms with Gasteiger partial charge in [-0.3, -0.25) is 9.59 Å². The van der Waals surface area contributed by atoms with E-state index < -0.39 is 11.6 Å². The van der Waals surface area contributed by atoms with Crippen LogP contribution >= 0.6 is 0 Å². The van der Waals surface area contributed by atoms with Crippen LogP contribution in [0.1, 0.15) is 32.7 Å². The van der Waals surface area contributed by atoms with Gasteiger partial charge in [-0.2, -0.15) is 0 Å². The van der Waals surface area contributed by atoms with Gasteiger partial charge in [0.2, 0.25) is 0 Å². The number of hydrogen-bond donors (Lipinski definition) is 0. The average molecular weight is 408 g/mol. The number of halogens is 2. The van der Waals surface area contributed by atoms with Crippen molar-refractivity contribution in [1.29, 1.82) is 0 Å². The van der Waals surface area contributed by atoms with Gasteiger partial charge in [-0.05, 0) is 54.6 Å². The third kappa shape index (κ3) is 4.05. The van der Waals surface area contributed by atoms with E-state index in [0.29, 0.717) is 48.2 Å². The first-order chi connectivity index (χ1) is 14.5. The van der Waals surface area contributed by atoms with Gasteiger partial charge >= 0.3 is 0 Å². The maximum Gasteiger partial charge on any atom is 0.250 e. The van der Waals surface area contributed by atoms with E-state index in [0.717, 1.165) is 0 Å². The molecule has 1 aliphatic heterocycles. The highest BCUT2D eigenvalue weighted by atomic mass is 19.1. The summed E-state index contributed by atoms with van der Waals surface area (Å²) >= 11 is 0. The Labute approximate surface area is 171 Å². The van der Waals surface area contributed by atoms with E-state index in [1.54, 1.807) is 12.1 Å². The number of benzene rings is 2. The molecule has 0 saturated carbocycles. The first kappa shape index (κ1) is 19.7. The number of aromatic nitrogens is 1. The Hall–Kier alpha value is -3.61. The summed E-state index contributed by atoms with van der Waals surface area (Å²) in [5.74, 6) is -1.28. The van der Waals surface area contributed by atoms with Gasteiger partial charge in [-0.15, -0.1) is 0 Å². The number of ketones is 1. The van der Waals surface area contributed by atoms with Crippen molar-refractivity contribution in [2.24, 2.45) is 0 Å². The molecule has 152 valence electrons. The van der Waals surface area contributed by atoms with Crippen LogP contribution in [0.5, 0.6) is 5.88 Å². The van der Waals surface area contributed by atoms with Crippen LogP contribution in [0, 0.1) is 11.6 Å². The van der Waals surface area contributed by atoms with Crippen LogP contribution in [0.15, 0.2) is 60.8 Å². The molecule has 4 rings (SSSR count). The zero-order valence-corrected chi connectivity index (χ0v) is 15.9. The molecule has 1 atom stereocenters. The monoisotopic (exact) mass is 408 g/mol. The number of pyridine rings is 1. The Bertz CT molecular complexity index is 1090. The molecule has 1 aromatic heterocycles. The van der Waals surface area contributed by atoms with Crippen LogP contribution in [-0.2, 0) is 0 Å². The molecule has 3 aromatic rings. The summed E-state index contributed by atoms with van der Waals surface area (Å²) in [5, 5.41) is 0. The summed E-state index contributed by atoms with van der Waals surface area (Å²) < 4.78 is 32.5. The summed E-state index contributed by atoms with van der Waals surface area (Å²) in [6, 6.07) is 12.9. The standard InChI is InChI=1S/C23H18F2N2O3/c24-18-6-3-15(4-7-18)22(29)16-5-8-21(17(12-16)14-28)27-11-9-19(13-27)30-23-20(25)2-1-10-26-23/h1-8,10,12,14,19H,9,11,13H2. The summed E-state index contributed by atoms with van der Waals surface area (Å²) in [5.41, 5.74) is 1.73. The van der Waals surface area contributed by atoms with Crippen LogP contribution in [0.3, 0.4) is 0 Å². The fraction of sp³-hybridized carbons (Fsp3) is 0.174. The lowest BCUT2D eigenvalue weighted by atomic mass is 10.0. The van der Waals surface area contributed by atoms with Crippen LogP contribution in [0.4, 0.5) is 14.5 Å². The number of rotatable bonds is 6. The van der Waals surface area contributed by atoms with E-state index in [4.69, 9.17) is 4.74 Å². The zero-order valence-electron chi connectivity index (χ0n) is 15.9. The minimum Gasteiger partial charge on any atom is -0.470 e. The molecule has 0 spiro atoms. The molecule has 30 heavy (non-hydrogen) atoms. The van der Waals surface area contributed by atoms with E-state index in [-0.39, 0.29) is 17.8 Å². The Balaban J connectivity index is 1.51. The number of ether oxygens (including phenoxy) is 1. The molecule has 1 fully saturated rings. The van der Waals surface area contributed by atoms with E-state index in [2.05, 4.69) is 4.98 Å². The molecule has 0 radical (unpaired) electrons. The van der Waals surface area contributed by atoms with Gasteiger partial charge in [0.25, 0.3) is 5.88 Å². The van der Waals surface area contributed by atoms with E-state index in [9.17, 15) is 18.4 Å². The number of aldehydes is 1. The largest absolute Gasteiger partial charge is 0.470 e. The van der Waals surface area contributed by atoms with E-state index in [1.165, 1.54) is 48.7 Å². The van der Waals surface area contributed by atoms with Gasteiger partial charge in [0, 0.05) is 41.5 Å². The third-order valence-corrected chi connectivity index (χ3v) is 5.01. The van der Waals surface area contributed by atoms with Crippen LogP contribution in [0.25, 0.3) is 0 Å². The van der Waals surface area contributed by atoms with Crippen molar-refractivity contribution in [2.45, 2.75) is 12.5 Å². The Morgan fingerprint density at radius 1 is 1.10 bits per heavy atom. The first-order valence-electron chi connectivity index (χ1n) is 9.47. The van der Waals surface area contributed by atoms with Crippen LogP contribution in [-0.4, -0.2) is 36.2 Å². The topological polar surface area (TPSA) is 59.5 Å². The van der Waals surface area contributed by atoms with Gasteiger partial charge in [-0.25, -0.2) is 13.8 Å². The molecule has 0 aliphatic carbocycles. The smallest absolute Gasteiger partial charge is 0.250 e. The fourth-order valence-corrected chi connectivity index (χ4v) is 3.51. The van der Waals surface area contributed by atoms with Gasteiger partial charge in [0.15, 0.2) is 17.9 Å². The van der Waals surface area contributed by atoms with E-state index in [1.807, 2.05) is 4.90 Å². The first-order valence-corrected chi connectivity index (χ1v) is 9.47. The van der Waals surface area contributed by atoms with E-state index >= 15 is 0 Å². The minimum absolute atomic E-state index is 0.0415. The average Bonchev–Trinajstić information content (AvgIpc) is 3.23. The Morgan fingerprint density at radius 2 is 1.87 bits per heavy atom. The van der Waals surface area contributed by atoms with Crippen molar-refractivity contribution in [3.8, 4) is 5.88 Å². The van der Waals surface area contributed by atoms with Crippen molar-refractivity contribution in [2.75, 3.05) is 18.0 Å². The molecule has 1 saturated heterocycles. The minimum atomic E-state index is -0.520. The van der Waals surface area contributed by atoms with Crippen LogP contribution < -0.4 is 9.64 Å². The Morgan fingerprint density at radius 3 is 2.60 bits per heavy atom. The second-order valence-corrected chi connectivity index (χ2v) is 6.99. The second kappa shape index (κ2) is 8.41. The number of hydrogen-bond acceptors (Lipinski definition) is 5. The van der Waals surface area contributed by atoms with Gasteiger partial charge in [0.1, 0.15) is 11.9 Å². The zero-order chi connectivity index (χ0) is 21.1. The van der Waals surface area contributed by atoms with Crippen molar-refractivity contribution in [3.63, 3.8) is 0 Å². The summed E-state index contributed by atoms with van der Waals surface area (Å²) in [4.78, 5) is 30.2. The van der Waals surface area contributed by atoms with Gasteiger partial charge < -0.3 is 9.64 Å².